The lowest BCUT2D eigenvalue weighted by Gasteiger charge is -2.27. The van der Waals surface area contributed by atoms with E-state index in [-0.39, 0.29) is 11.6 Å². The third-order valence-corrected chi connectivity index (χ3v) is 4.91. The van der Waals surface area contributed by atoms with Crippen molar-refractivity contribution in [3.05, 3.63) is 34.4 Å². The minimum Gasteiger partial charge on any atom is -0.455 e. The third-order valence-electron chi connectivity index (χ3n) is 3.82. The number of amides is 1. The molecule has 1 N–H and O–H groups in total. The molecule has 0 radical (unpaired) electrons. The number of thioether (sulfide) groups is 1. The molecule has 0 heterocycles. The lowest BCUT2D eigenvalue weighted by Crippen LogP contribution is -2.50. The van der Waals surface area contributed by atoms with Gasteiger partial charge in [-0.25, -0.2) is 0 Å². The Hall–Kier alpha value is -2.60. The minimum atomic E-state index is -1.04. The van der Waals surface area contributed by atoms with E-state index in [1.165, 1.54) is 23.9 Å². The average Bonchev–Trinajstić information content (AvgIpc) is 2.59. The van der Waals surface area contributed by atoms with Crippen molar-refractivity contribution in [3.63, 3.8) is 0 Å². The van der Waals surface area contributed by atoms with Gasteiger partial charge in [0.2, 0.25) is 0 Å². The van der Waals surface area contributed by atoms with Gasteiger partial charge < -0.3 is 10.1 Å². The predicted molar refractivity (Wildman–Crippen MR) is 96.4 cm³/mol. The van der Waals surface area contributed by atoms with E-state index in [1.54, 1.807) is 39.8 Å². The normalized spacial score (nSPS) is 14.0. The quantitative estimate of drug-likeness (QED) is 0.319. The molecule has 0 unspecified atom stereocenters. The van der Waals surface area contributed by atoms with Gasteiger partial charge in [0.25, 0.3) is 11.6 Å². The topological polar surface area (TPSA) is 122 Å². The van der Waals surface area contributed by atoms with Gasteiger partial charge in [0.05, 0.1) is 11.0 Å². The monoisotopic (exact) mass is 379 g/mol. The van der Waals surface area contributed by atoms with Crippen molar-refractivity contribution in [2.45, 2.75) is 43.4 Å². The standard InChI is InChI=1S/C17H21N3O5S/c1-11(2)17(4,10-18)19-15(21)9-25-16(22)12(3)26-14-7-5-13(6-8-14)20(23)24/h5-8,11-12H,9H2,1-4H3,(H,19,21)/t12-,17+/m1/s1. The maximum absolute atomic E-state index is 12.0. The van der Waals surface area contributed by atoms with Crippen LogP contribution in [0.1, 0.15) is 27.7 Å². The molecule has 0 saturated carbocycles. The van der Waals surface area contributed by atoms with Crippen LogP contribution in [0.5, 0.6) is 0 Å². The summed E-state index contributed by atoms with van der Waals surface area (Å²) in [7, 11) is 0. The number of esters is 1. The molecule has 1 aromatic rings. The van der Waals surface area contributed by atoms with Gasteiger partial charge >= 0.3 is 5.97 Å². The molecule has 8 nitrogen and oxygen atoms in total. The van der Waals surface area contributed by atoms with E-state index in [0.717, 1.165) is 0 Å². The number of nitro benzene ring substituents is 1. The SMILES string of the molecule is CC(C)[C@](C)(C#N)NC(=O)COC(=O)[C@@H](C)Sc1ccc([N+](=O)[O-])cc1. The van der Waals surface area contributed by atoms with Crippen molar-refractivity contribution in [3.8, 4) is 6.07 Å². The summed E-state index contributed by atoms with van der Waals surface area (Å²) in [6.07, 6.45) is 0. The van der Waals surface area contributed by atoms with Gasteiger partial charge in [0.1, 0.15) is 10.8 Å². The number of nitro groups is 1. The van der Waals surface area contributed by atoms with Crippen LogP contribution >= 0.6 is 11.8 Å². The molecule has 1 amide bonds. The fourth-order valence-corrected chi connectivity index (χ4v) is 2.65. The van der Waals surface area contributed by atoms with E-state index in [9.17, 15) is 25.0 Å². The maximum atomic E-state index is 12.0. The van der Waals surface area contributed by atoms with Gasteiger partial charge in [-0.3, -0.25) is 19.7 Å². The summed E-state index contributed by atoms with van der Waals surface area (Å²) < 4.78 is 4.98. The molecule has 0 fully saturated rings. The summed E-state index contributed by atoms with van der Waals surface area (Å²) in [4.78, 5) is 34.7. The van der Waals surface area contributed by atoms with Crippen molar-refractivity contribution in [2.75, 3.05) is 6.61 Å². The fraction of sp³-hybridized carbons (Fsp3) is 0.471. The molecule has 140 valence electrons. The molecule has 1 aromatic carbocycles. The smallest absolute Gasteiger partial charge is 0.319 e. The number of carbonyl (C=O) groups is 2. The number of nitrogens with one attached hydrogen (secondary N) is 1. The van der Waals surface area contributed by atoms with Gasteiger partial charge in [-0.2, -0.15) is 5.26 Å². The zero-order chi connectivity index (χ0) is 19.9. The average molecular weight is 379 g/mol. The summed E-state index contributed by atoms with van der Waals surface area (Å²) in [5.74, 6) is -1.25. The number of nitrogens with zero attached hydrogens (tertiary/aromatic N) is 2. The first-order chi connectivity index (χ1) is 12.1. The second kappa shape index (κ2) is 9.20. The first kappa shape index (κ1) is 21.4. The molecule has 0 spiro atoms. The number of hydrogen-bond acceptors (Lipinski definition) is 7. The van der Waals surface area contributed by atoms with Crippen LogP contribution in [0, 0.1) is 27.4 Å². The Kier molecular flexibility index (Phi) is 7.58. The molecular formula is C17H21N3O5S. The molecule has 0 aromatic heterocycles. The van der Waals surface area contributed by atoms with E-state index < -0.39 is 34.2 Å². The number of hydrogen-bond donors (Lipinski definition) is 1. The zero-order valence-corrected chi connectivity index (χ0v) is 15.8. The second-order valence-electron chi connectivity index (χ2n) is 6.14. The number of benzene rings is 1. The van der Waals surface area contributed by atoms with Gasteiger partial charge in [-0.1, -0.05) is 13.8 Å². The highest BCUT2D eigenvalue weighted by atomic mass is 32.2. The van der Waals surface area contributed by atoms with E-state index in [1.807, 2.05) is 6.07 Å². The lowest BCUT2D eigenvalue weighted by molar-refractivity contribution is -0.384. The van der Waals surface area contributed by atoms with Crippen LogP contribution < -0.4 is 5.32 Å². The molecule has 9 heteroatoms. The van der Waals surface area contributed by atoms with Crippen LogP contribution in [0.2, 0.25) is 0 Å². The second-order valence-corrected chi connectivity index (χ2v) is 7.55. The van der Waals surface area contributed by atoms with Gasteiger partial charge in [-0.15, -0.1) is 11.8 Å². The molecule has 0 aliphatic heterocycles. The highest BCUT2D eigenvalue weighted by molar-refractivity contribution is 8.00. The highest BCUT2D eigenvalue weighted by Gasteiger charge is 2.30. The molecule has 26 heavy (non-hydrogen) atoms. The molecule has 0 bridgehead atoms. The van der Waals surface area contributed by atoms with Crippen LogP contribution in [0.15, 0.2) is 29.2 Å². The van der Waals surface area contributed by atoms with Crippen LogP contribution in [0.3, 0.4) is 0 Å². The number of non-ortho nitro benzene ring substituents is 1. The molecule has 1 rings (SSSR count). The van der Waals surface area contributed by atoms with Crippen molar-refractivity contribution in [1.82, 2.24) is 5.32 Å². The molecule has 2 atom stereocenters. The number of nitriles is 1. The van der Waals surface area contributed by atoms with Gasteiger partial charge in [-0.05, 0) is 31.9 Å². The first-order valence-corrected chi connectivity index (χ1v) is 8.77. The number of ether oxygens (including phenoxy) is 1. The van der Waals surface area contributed by atoms with Gasteiger partial charge in [0, 0.05) is 17.0 Å². The Balaban J connectivity index is 2.53. The van der Waals surface area contributed by atoms with Crippen molar-refractivity contribution in [1.29, 1.82) is 5.26 Å². The Morgan fingerprint density at radius 3 is 2.38 bits per heavy atom. The first-order valence-electron chi connectivity index (χ1n) is 7.89. The van der Waals surface area contributed by atoms with Crippen molar-refractivity contribution < 1.29 is 19.2 Å². The molecule has 0 aliphatic rings. The van der Waals surface area contributed by atoms with E-state index in [0.29, 0.717) is 4.90 Å². The van der Waals surface area contributed by atoms with E-state index >= 15 is 0 Å². The molecule has 0 saturated heterocycles. The zero-order valence-electron chi connectivity index (χ0n) is 15.0. The van der Waals surface area contributed by atoms with Crippen LogP contribution in [0.25, 0.3) is 0 Å². The van der Waals surface area contributed by atoms with Crippen LogP contribution in [-0.2, 0) is 14.3 Å². The molecular weight excluding hydrogens is 358 g/mol. The summed E-state index contributed by atoms with van der Waals surface area (Å²) in [5, 5.41) is 21.7. The van der Waals surface area contributed by atoms with Crippen LogP contribution in [0.4, 0.5) is 5.69 Å². The summed E-state index contributed by atoms with van der Waals surface area (Å²) in [6.45, 7) is 6.34. The fourth-order valence-electron chi connectivity index (χ4n) is 1.78. The lowest BCUT2D eigenvalue weighted by atomic mass is 9.90. The Bertz CT molecular complexity index is 714. The van der Waals surface area contributed by atoms with Crippen LogP contribution in [-0.4, -0.2) is 34.2 Å². The maximum Gasteiger partial charge on any atom is 0.319 e. The minimum absolute atomic E-state index is 0.0352. The molecule has 0 aliphatic carbocycles. The van der Waals surface area contributed by atoms with E-state index in [4.69, 9.17) is 4.74 Å². The Morgan fingerprint density at radius 2 is 1.92 bits per heavy atom. The summed E-state index contributed by atoms with van der Waals surface area (Å²) >= 11 is 1.17. The Morgan fingerprint density at radius 1 is 1.35 bits per heavy atom. The Labute approximate surface area is 156 Å². The predicted octanol–water partition coefficient (Wildman–Crippen LogP) is 2.67. The summed E-state index contributed by atoms with van der Waals surface area (Å²) in [6, 6.07) is 7.82. The third kappa shape index (κ3) is 6.04. The van der Waals surface area contributed by atoms with Gasteiger partial charge in [0.15, 0.2) is 6.61 Å². The number of rotatable bonds is 8. The highest BCUT2D eigenvalue weighted by Crippen LogP contribution is 2.26. The summed E-state index contributed by atoms with van der Waals surface area (Å²) in [5.41, 5.74) is -1.07. The largest absolute Gasteiger partial charge is 0.455 e. The van der Waals surface area contributed by atoms with Crippen molar-refractivity contribution in [2.24, 2.45) is 5.92 Å². The van der Waals surface area contributed by atoms with Crippen molar-refractivity contribution >= 4 is 29.3 Å². The van der Waals surface area contributed by atoms with E-state index in [2.05, 4.69) is 5.32 Å². The number of carbonyl (C=O) groups excluding carboxylic acids is 2.